The number of piperidine rings is 1. The molecule has 0 spiro atoms. The average molecular weight is 459 g/mol. The van der Waals surface area contributed by atoms with Crippen molar-refractivity contribution in [2.24, 2.45) is 0 Å². The zero-order chi connectivity index (χ0) is 21.2. The van der Waals surface area contributed by atoms with Gasteiger partial charge >= 0.3 is 0 Å². The van der Waals surface area contributed by atoms with Crippen molar-refractivity contribution in [1.82, 2.24) is 19.4 Å². The third-order valence-electron chi connectivity index (χ3n) is 4.98. The number of benzene rings is 1. The lowest BCUT2D eigenvalue weighted by atomic mass is 10.1. The van der Waals surface area contributed by atoms with Crippen LogP contribution >= 0.6 is 23.2 Å². The Morgan fingerprint density at radius 2 is 1.90 bits per heavy atom. The molecule has 1 amide bonds. The third-order valence-corrected chi connectivity index (χ3v) is 7.65. The SMILES string of the molecule is CCn1ccc(C(C)NC(=O)c2cc(S(=O)(=O)N3CCCCC3)c(Cl)cc2Cl)n1. The molecule has 1 saturated heterocycles. The Labute approximate surface area is 181 Å². The first-order valence-electron chi connectivity index (χ1n) is 9.57. The van der Waals surface area contributed by atoms with Gasteiger partial charge in [-0.15, -0.1) is 0 Å². The molecule has 2 heterocycles. The number of aromatic nitrogens is 2. The van der Waals surface area contributed by atoms with Crippen LogP contribution < -0.4 is 5.32 Å². The van der Waals surface area contributed by atoms with E-state index in [9.17, 15) is 13.2 Å². The molecule has 10 heteroatoms. The molecule has 1 aromatic carbocycles. The minimum absolute atomic E-state index is 0.00635. The van der Waals surface area contributed by atoms with Crippen molar-refractivity contribution in [2.45, 2.75) is 50.6 Å². The van der Waals surface area contributed by atoms with Gasteiger partial charge in [0.25, 0.3) is 5.91 Å². The number of nitrogens with zero attached hydrogens (tertiary/aromatic N) is 3. The van der Waals surface area contributed by atoms with Crippen molar-refractivity contribution in [3.05, 3.63) is 45.7 Å². The molecule has 1 atom stereocenters. The Morgan fingerprint density at radius 1 is 1.21 bits per heavy atom. The van der Waals surface area contributed by atoms with Crippen LogP contribution in [0.25, 0.3) is 0 Å². The quantitative estimate of drug-likeness (QED) is 0.711. The van der Waals surface area contributed by atoms with E-state index in [0.29, 0.717) is 18.8 Å². The topological polar surface area (TPSA) is 84.3 Å². The monoisotopic (exact) mass is 458 g/mol. The number of sulfonamides is 1. The van der Waals surface area contributed by atoms with Gasteiger partial charge in [-0.05, 0) is 44.9 Å². The summed E-state index contributed by atoms with van der Waals surface area (Å²) in [6.07, 6.45) is 4.44. The molecule has 1 unspecified atom stereocenters. The maximum Gasteiger partial charge on any atom is 0.253 e. The van der Waals surface area contributed by atoms with E-state index in [2.05, 4.69) is 10.4 Å². The fraction of sp³-hybridized carbons (Fsp3) is 0.474. The predicted molar refractivity (Wildman–Crippen MR) is 113 cm³/mol. The van der Waals surface area contributed by atoms with Crippen LogP contribution in [0.15, 0.2) is 29.3 Å². The van der Waals surface area contributed by atoms with Crippen LogP contribution in [0, 0.1) is 0 Å². The Balaban J connectivity index is 1.87. The molecule has 1 fully saturated rings. The maximum atomic E-state index is 13.0. The van der Waals surface area contributed by atoms with Crippen LogP contribution in [0.1, 0.15) is 55.2 Å². The minimum Gasteiger partial charge on any atom is -0.344 e. The molecule has 0 saturated carbocycles. The van der Waals surface area contributed by atoms with Gasteiger partial charge in [0.15, 0.2) is 0 Å². The Bertz CT molecular complexity index is 1000. The number of hydrogen-bond donors (Lipinski definition) is 1. The first-order chi connectivity index (χ1) is 13.7. The van der Waals surface area contributed by atoms with Gasteiger partial charge in [0.1, 0.15) is 4.90 Å². The van der Waals surface area contributed by atoms with Gasteiger partial charge in [-0.25, -0.2) is 8.42 Å². The number of halogens is 2. The summed E-state index contributed by atoms with van der Waals surface area (Å²) in [7, 11) is -3.80. The zero-order valence-corrected chi connectivity index (χ0v) is 18.7. The molecule has 0 radical (unpaired) electrons. The van der Waals surface area contributed by atoms with Crippen LogP contribution in [-0.2, 0) is 16.6 Å². The summed E-state index contributed by atoms with van der Waals surface area (Å²) < 4.78 is 29.2. The molecule has 1 aliphatic rings. The van der Waals surface area contributed by atoms with Crippen molar-refractivity contribution in [1.29, 1.82) is 0 Å². The molecule has 0 aliphatic carbocycles. The summed E-state index contributed by atoms with van der Waals surface area (Å²) in [6.45, 7) is 5.38. The van der Waals surface area contributed by atoms with E-state index >= 15 is 0 Å². The summed E-state index contributed by atoms with van der Waals surface area (Å²) in [5.41, 5.74) is 0.764. The van der Waals surface area contributed by atoms with Crippen molar-refractivity contribution in [3.8, 4) is 0 Å². The Hall–Kier alpha value is -1.61. The van der Waals surface area contributed by atoms with E-state index in [4.69, 9.17) is 23.2 Å². The zero-order valence-electron chi connectivity index (χ0n) is 16.4. The minimum atomic E-state index is -3.80. The molecular weight excluding hydrogens is 435 g/mol. The fourth-order valence-corrected chi connectivity index (χ4v) is 5.63. The second-order valence-corrected chi connectivity index (χ2v) is 9.74. The average Bonchev–Trinajstić information content (AvgIpc) is 3.18. The van der Waals surface area contributed by atoms with E-state index in [-0.39, 0.29) is 26.5 Å². The van der Waals surface area contributed by atoms with Gasteiger partial charge in [-0.1, -0.05) is 29.6 Å². The third kappa shape index (κ3) is 4.77. The highest BCUT2D eigenvalue weighted by molar-refractivity contribution is 7.89. The standard InChI is InChI=1S/C19H24Cl2N4O3S/c1-3-24-10-7-17(23-24)13(2)22-19(26)14-11-18(16(21)12-15(14)20)29(27,28)25-8-5-4-6-9-25/h7,10-13H,3-6,8-9H2,1-2H3,(H,22,26). The smallest absolute Gasteiger partial charge is 0.253 e. The molecule has 2 aromatic rings. The molecule has 1 N–H and O–H groups in total. The van der Waals surface area contributed by atoms with E-state index in [1.165, 1.54) is 16.4 Å². The largest absolute Gasteiger partial charge is 0.344 e. The number of nitrogens with one attached hydrogen (secondary N) is 1. The molecule has 158 valence electrons. The lowest BCUT2D eigenvalue weighted by Gasteiger charge is -2.26. The maximum absolute atomic E-state index is 13.0. The fourth-order valence-electron chi connectivity index (χ4n) is 3.28. The van der Waals surface area contributed by atoms with Gasteiger partial charge in [0, 0.05) is 25.8 Å². The molecule has 1 aromatic heterocycles. The summed E-state index contributed by atoms with van der Waals surface area (Å²) >= 11 is 12.4. The normalized spacial score (nSPS) is 16.6. The molecule has 0 bridgehead atoms. The van der Waals surface area contributed by atoms with Crippen LogP contribution in [0.5, 0.6) is 0 Å². The lowest BCUT2D eigenvalue weighted by molar-refractivity contribution is 0.0939. The number of carbonyl (C=O) groups excluding carboxylic acids is 1. The molecule has 1 aliphatic heterocycles. The number of amides is 1. The van der Waals surface area contributed by atoms with E-state index in [1.54, 1.807) is 11.6 Å². The number of rotatable bonds is 6. The highest BCUT2D eigenvalue weighted by Gasteiger charge is 2.30. The summed E-state index contributed by atoms with van der Waals surface area (Å²) in [5, 5.41) is 7.29. The van der Waals surface area contributed by atoms with Crippen LogP contribution in [0.3, 0.4) is 0 Å². The molecule has 29 heavy (non-hydrogen) atoms. The van der Waals surface area contributed by atoms with Crippen LogP contribution in [0.4, 0.5) is 0 Å². The van der Waals surface area contributed by atoms with Gasteiger partial charge in [0.2, 0.25) is 10.0 Å². The number of carbonyl (C=O) groups is 1. The summed E-state index contributed by atoms with van der Waals surface area (Å²) in [6, 6.07) is 4.03. The Kier molecular flexibility index (Phi) is 6.88. The van der Waals surface area contributed by atoms with Crippen LogP contribution in [-0.4, -0.2) is 41.5 Å². The lowest BCUT2D eigenvalue weighted by Crippen LogP contribution is -2.36. The van der Waals surface area contributed by atoms with Crippen molar-refractivity contribution < 1.29 is 13.2 Å². The summed E-state index contributed by atoms with van der Waals surface area (Å²) in [5.74, 6) is -0.486. The van der Waals surface area contributed by atoms with Crippen molar-refractivity contribution in [2.75, 3.05) is 13.1 Å². The van der Waals surface area contributed by atoms with E-state index < -0.39 is 15.9 Å². The van der Waals surface area contributed by atoms with E-state index in [0.717, 1.165) is 25.8 Å². The van der Waals surface area contributed by atoms with Crippen molar-refractivity contribution >= 4 is 39.1 Å². The highest BCUT2D eigenvalue weighted by Crippen LogP contribution is 2.32. The first kappa shape index (κ1) is 22.1. The molecule has 3 rings (SSSR count). The summed E-state index contributed by atoms with van der Waals surface area (Å²) in [4.78, 5) is 12.7. The number of aryl methyl sites for hydroxylation is 1. The van der Waals surface area contributed by atoms with Crippen LogP contribution in [0.2, 0.25) is 10.0 Å². The highest BCUT2D eigenvalue weighted by atomic mass is 35.5. The van der Waals surface area contributed by atoms with Gasteiger partial charge < -0.3 is 5.32 Å². The van der Waals surface area contributed by atoms with Gasteiger partial charge in [-0.2, -0.15) is 9.40 Å². The molecular formula is C19H24Cl2N4O3S. The van der Waals surface area contributed by atoms with E-state index in [1.807, 2.05) is 19.2 Å². The predicted octanol–water partition coefficient (Wildman–Crippen LogP) is 3.88. The first-order valence-corrected chi connectivity index (χ1v) is 11.8. The van der Waals surface area contributed by atoms with Gasteiger partial charge in [-0.3, -0.25) is 9.48 Å². The molecule has 7 nitrogen and oxygen atoms in total. The van der Waals surface area contributed by atoms with Crippen molar-refractivity contribution in [3.63, 3.8) is 0 Å². The Morgan fingerprint density at radius 3 is 2.52 bits per heavy atom. The second kappa shape index (κ2) is 9.04. The second-order valence-electron chi connectivity index (χ2n) is 7.02. The number of hydrogen-bond acceptors (Lipinski definition) is 4. The van der Waals surface area contributed by atoms with Gasteiger partial charge in [0.05, 0.1) is 27.3 Å².